The summed E-state index contributed by atoms with van der Waals surface area (Å²) in [6.07, 6.45) is 2.46. The fraction of sp³-hybridized carbons (Fsp3) is 0.100. The van der Waals surface area contributed by atoms with Gasteiger partial charge in [-0.15, -0.1) is 0 Å². The van der Waals surface area contributed by atoms with Gasteiger partial charge in [0.05, 0.1) is 23.2 Å². The van der Waals surface area contributed by atoms with Crippen molar-refractivity contribution < 1.29 is 17.6 Å². The second-order valence-corrected chi connectivity index (χ2v) is 9.16. The smallest absolute Gasteiger partial charge is 0.271 e. The molecule has 0 saturated carbocycles. The molecule has 3 aromatic rings. The molecule has 30 heavy (non-hydrogen) atoms. The normalized spacial score (nSPS) is 11.6. The van der Waals surface area contributed by atoms with E-state index in [2.05, 4.69) is 10.5 Å². The SMILES string of the molecule is CN(c1ccc(C(=O)N/N=C\c2ccc(-c3ccc(Cl)cc3Cl)o2)cc1)S(C)(=O)=O. The summed E-state index contributed by atoms with van der Waals surface area (Å²) >= 11 is 12.1. The molecule has 2 aromatic carbocycles. The van der Waals surface area contributed by atoms with Crippen LogP contribution in [0.2, 0.25) is 10.0 Å². The number of halogens is 2. The molecule has 0 saturated heterocycles. The Labute approximate surface area is 184 Å². The molecule has 7 nitrogen and oxygen atoms in total. The monoisotopic (exact) mass is 465 g/mol. The van der Waals surface area contributed by atoms with Crippen molar-refractivity contribution in [2.24, 2.45) is 5.10 Å². The predicted molar refractivity (Wildman–Crippen MR) is 119 cm³/mol. The Balaban J connectivity index is 1.64. The molecule has 1 aromatic heterocycles. The van der Waals surface area contributed by atoms with Gasteiger partial charge in [0.1, 0.15) is 11.5 Å². The van der Waals surface area contributed by atoms with E-state index in [1.54, 1.807) is 30.3 Å². The fourth-order valence-electron chi connectivity index (χ4n) is 2.49. The zero-order valence-corrected chi connectivity index (χ0v) is 18.3. The summed E-state index contributed by atoms with van der Waals surface area (Å²) in [6.45, 7) is 0. The molecule has 0 aliphatic carbocycles. The third-order valence-corrected chi connectivity index (χ3v) is 5.93. The van der Waals surface area contributed by atoms with Gasteiger partial charge in [-0.2, -0.15) is 5.10 Å². The van der Waals surface area contributed by atoms with Crippen LogP contribution in [0.1, 0.15) is 16.1 Å². The largest absolute Gasteiger partial charge is 0.455 e. The molecule has 0 radical (unpaired) electrons. The van der Waals surface area contributed by atoms with Crippen molar-refractivity contribution in [1.82, 2.24) is 5.43 Å². The highest BCUT2D eigenvalue weighted by atomic mass is 35.5. The molecule has 0 unspecified atom stereocenters. The molecule has 0 spiro atoms. The minimum absolute atomic E-state index is 0.325. The number of furan rings is 1. The van der Waals surface area contributed by atoms with E-state index in [4.69, 9.17) is 27.6 Å². The van der Waals surface area contributed by atoms with E-state index < -0.39 is 15.9 Å². The average molecular weight is 466 g/mol. The van der Waals surface area contributed by atoms with Gasteiger partial charge in [0.25, 0.3) is 5.91 Å². The topological polar surface area (TPSA) is 92.0 Å². The fourth-order valence-corrected chi connectivity index (χ4v) is 3.50. The number of carbonyl (C=O) groups is 1. The number of anilines is 1. The first-order valence-corrected chi connectivity index (χ1v) is 11.2. The highest BCUT2D eigenvalue weighted by molar-refractivity contribution is 7.92. The Kier molecular flexibility index (Phi) is 6.50. The number of amides is 1. The van der Waals surface area contributed by atoms with Crippen molar-refractivity contribution in [3.63, 3.8) is 0 Å². The van der Waals surface area contributed by atoms with Crippen LogP contribution in [0.3, 0.4) is 0 Å². The van der Waals surface area contributed by atoms with E-state index in [9.17, 15) is 13.2 Å². The van der Waals surface area contributed by atoms with Gasteiger partial charge < -0.3 is 4.42 Å². The van der Waals surface area contributed by atoms with Crippen molar-refractivity contribution >= 4 is 51.0 Å². The Bertz CT molecular complexity index is 1210. The second kappa shape index (κ2) is 8.91. The Morgan fingerprint density at radius 3 is 2.43 bits per heavy atom. The van der Waals surface area contributed by atoms with Gasteiger partial charge in [0.15, 0.2) is 0 Å². The minimum Gasteiger partial charge on any atom is -0.455 e. The van der Waals surface area contributed by atoms with Gasteiger partial charge in [-0.1, -0.05) is 23.2 Å². The number of nitrogens with zero attached hydrogens (tertiary/aromatic N) is 2. The van der Waals surface area contributed by atoms with Gasteiger partial charge in [-0.3, -0.25) is 9.10 Å². The summed E-state index contributed by atoms with van der Waals surface area (Å²) < 4.78 is 29.9. The number of hydrogen-bond acceptors (Lipinski definition) is 5. The van der Waals surface area contributed by atoms with Crippen LogP contribution in [0.15, 0.2) is 64.1 Å². The van der Waals surface area contributed by atoms with Crippen LogP contribution in [0, 0.1) is 0 Å². The average Bonchev–Trinajstić information content (AvgIpc) is 3.15. The van der Waals surface area contributed by atoms with E-state index in [-0.39, 0.29) is 0 Å². The molecule has 0 atom stereocenters. The summed E-state index contributed by atoms with van der Waals surface area (Å²) in [6, 6.07) is 14.6. The zero-order valence-electron chi connectivity index (χ0n) is 16.0. The number of rotatable bonds is 6. The van der Waals surface area contributed by atoms with E-state index in [1.165, 1.54) is 37.5 Å². The molecule has 0 aliphatic rings. The molecule has 1 heterocycles. The van der Waals surface area contributed by atoms with Gasteiger partial charge in [-0.05, 0) is 54.6 Å². The number of hydrogen-bond donors (Lipinski definition) is 1. The summed E-state index contributed by atoms with van der Waals surface area (Å²) in [5.74, 6) is 0.504. The van der Waals surface area contributed by atoms with E-state index in [0.29, 0.717) is 38.4 Å². The summed E-state index contributed by atoms with van der Waals surface area (Å²) in [7, 11) is -1.94. The third kappa shape index (κ3) is 5.21. The lowest BCUT2D eigenvalue weighted by molar-refractivity contribution is 0.0955. The number of sulfonamides is 1. The Hall–Kier alpha value is -2.81. The molecule has 0 aliphatic heterocycles. The molecule has 0 fully saturated rings. The second-order valence-electron chi connectivity index (χ2n) is 6.30. The van der Waals surface area contributed by atoms with Crippen molar-refractivity contribution in [2.75, 3.05) is 17.6 Å². The molecule has 0 bridgehead atoms. The highest BCUT2D eigenvalue weighted by Gasteiger charge is 2.13. The van der Waals surface area contributed by atoms with Crippen LogP contribution >= 0.6 is 23.2 Å². The number of hydrazone groups is 1. The maximum Gasteiger partial charge on any atom is 0.271 e. The van der Waals surface area contributed by atoms with E-state index >= 15 is 0 Å². The molecule has 10 heteroatoms. The number of benzene rings is 2. The summed E-state index contributed by atoms with van der Waals surface area (Å²) in [5, 5.41) is 4.86. The number of nitrogens with one attached hydrogen (secondary N) is 1. The van der Waals surface area contributed by atoms with Gasteiger partial charge in [0.2, 0.25) is 10.0 Å². The van der Waals surface area contributed by atoms with Gasteiger partial charge >= 0.3 is 0 Å². The van der Waals surface area contributed by atoms with Crippen molar-refractivity contribution in [1.29, 1.82) is 0 Å². The van der Waals surface area contributed by atoms with Crippen LogP contribution in [-0.2, 0) is 10.0 Å². The van der Waals surface area contributed by atoms with Crippen LogP contribution in [-0.4, -0.2) is 33.8 Å². The van der Waals surface area contributed by atoms with Crippen LogP contribution in [0.4, 0.5) is 5.69 Å². The number of carbonyl (C=O) groups excluding carboxylic acids is 1. The Morgan fingerprint density at radius 1 is 1.10 bits per heavy atom. The minimum atomic E-state index is -3.37. The molecular formula is C20H17Cl2N3O4S. The molecule has 1 amide bonds. The van der Waals surface area contributed by atoms with Crippen molar-refractivity contribution in [2.45, 2.75) is 0 Å². The van der Waals surface area contributed by atoms with Crippen molar-refractivity contribution in [3.05, 3.63) is 76.0 Å². The first-order chi connectivity index (χ1) is 14.1. The lowest BCUT2D eigenvalue weighted by Gasteiger charge is -2.16. The molecule has 3 rings (SSSR count). The zero-order chi connectivity index (χ0) is 21.9. The quantitative estimate of drug-likeness (QED) is 0.430. The van der Waals surface area contributed by atoms with Crippen LogP contribution < -0.4 is 9.73 Å². The summed E-state index contributed by atoms with van der Waals surface area (Å²) in [4.78, 5) is 12.2. The van der Waals surface area contributed by atoms with Crippen molar-refractivity contribution in [3.8, 4) is 11.3 Å². The predicted octanol–water partition coefficient (Wildman–Crippen LogP) is 4.41. The van der Waals surface area contributed by atoms with Crippen LogP contribution in [0.25, 0.3) is 11.3 Å². The molecular weight excluding hydrogens is 449 g/mol. The maximum absolute atomic E-state index is 12.2. The maximum atomic E-state index is 12.2. The first-order valence-electron chi connectivity index (χ1n) is 8.58. The summed E-state index contributed by atoms with van der Waals surface area (Å²) in [5.41, 5.74) is 3.84. The Morgan fingerprint density at radius 2 is 1.80 bits per heavy atom. The lowest BCUT2D eigenvalue weighted by atomic mass is 10.2. The van der Waals surface area contributed by atoms with Crippen LogP contribution in [0.5, 0.6) is 0 Å². The van der Waals surface area contributed by atoms with Gasteiger partial charge in [0, 0.05) is 23.2 Å². The lowest BCUT2D eigenvalue weighted by Crippen LogP contribution is -2.25. The molecule has 156 valence electrons. The standard InChI is InChI=1S/C20H17Cl2N3O4S/c1-25(30(2,27)28)15-6-3-13(4-7-15)20(26)24-23-12-16-8-10-19(29-16)17-9-5-14(21)11-18(17)22/h3-12H,1-2H3,(H,24,26)/b23-12-. The molecule has 1 N–H and O–H groups in total. The highest BCUT2D eigenvalue weighted by Crippen LogP contribution is 2.31. The van der Waals surface area contributed by atoms with E-state index in [0.717, 1.165) is 10.6 Å². The third-order valence-electron chi connectivity index (χ3n) is 4.17. The first kappa shape index (κ1) is 21.9. The van der Waals surface area contributed by atoms with E-state index in [1.807, 2.05) is 0 Å². The van der Waals surface area contributed by atoms with Gasteiger partial charge in [-0.25, -0.2) is 13.8 Å².